The van der Waals surface area contributed by atoms with Crippen LogP contribution in [0.4, 0.5) is 11.5 Å². The number of rotatable bonds is 4. The number of fused-ring (bicyclic) bond motifs is 2. The SMILES string of the molecule is Nc1ccnc(N2CCC3(CC2)c2ccccc2O[C@H]3C(=O)NCc2cccc(Cl)c2)c1. The number of carbonyl (C=O) groups excluding carboxylic acids is 1. The summed E-state index contributed by atoms with van der Waals surface area (Å²) in [6, 6.07) is 19.2. The minimum atomic E-state index is -0.574. The Morgan fingerprint density at radius 1 is 1.16 bits per heavy atom. The highest BCUT2D eigenvalue weighted by molar-refractivity contribution is 6.30. The fourth-order valence-corrected chi connectivity index (χ4v) is 5.08. The third-order valence-corrected chi connectivity index (χ3v) is 6.75. The molecule has 1 saturated heterocycles. The van der Waals surface area contributed by atoms with Crippen molar-refractivity contribution in [1.82, 2.24) is 10.3 Å². The number of piperidine rings is 1. The Morgan fingerprint density at radius 2 is 1.97 bits per heavy atom. The maximum atomic E-state index is 13.3. The summed E-state index contributed by atoms with van der Waals surface area (Å²) in [4.78, 5) is 20.0. The van der Waals surface area contributed by atoms with Gasteiger partial charge in [-0.1, -0.05) is 41.9 Å². The molecule has 2 aliphatic heterocycles. The first kappa shape index (κ1) is 20.6. The highest BCUT2D eigenvalue weighted by Crippen LogP contribution is 2.49. The number of nitrogen functional groups attached to an aromatic ring is 1. The Labute approximate surface area is 192 Å². The predicted molar refractivity (Wildman–Crippen MR) is 126 cm³/mol. The molecule has 7 heteroatoms. The number of para-hydroxylation sites is 1. The first-order valence-electron chi connectivity index (χ1n) is 10.8. The minimum absolute atomic E-state index is 0.100. The number of ether oxygens (including phenoxy) is 1. The number of nitrogens with zero attached hydrogens (tertiary/aromatic N) is 2. The Bertz CT molecular complexity index is 1140. The summed E-state index contributed by atoms with van der Waals surface area (Å²) >= 11 is 6.08. The topological polar surface area (TPSA) is 80.5 Å². The van der Waals surface area contributed by atoms with E-state index in [-0.39, 0.29) is 11.3 Å². The molecule has 0 radical (unpaired) electrons. The fraction of sp³-hybridized carbons (Fsp3) is 0.280. The molecule has 1 aromatic heterocycles. The number of hydrogen-bond acceptors (Lipinski definition) is 5. The van der Waals surface area contributed by atoms with E-state index in [2.05, 4.69) is 21.3 Å². The maximum Gasteiger partial charge on any atom is 0.262 e. The van der Waals surface area contributed by atoms with Crippen molar-refractivity contribution in [1.29, 1.82) is 0 Å². The van der Waals surface area contributed by atoms with Crippen molar-refractivity contribution < 1.29 is 9.53 Å². The van der Waals surface area contributed by atoms with Gasteiger partial charge in [0.15, 0.2) is 6.10 Å². The predicted octanol–water partition coefficient (Wildman–Crippen LogP) is 3.93. The molecule has 5 rings (SSSR count). The van der Waals surface area contributed by atoms with Gasteiger partial charge in [0.1, 0.15) is 11.6 Å². The molecule has 2 aliphatic rings. The molecule has 1 amide bonds. The van der Waals surface area contributed by atoms with Gasteiger partial charge in [0.2, 0.25) is 0 Å². The van der Waals surface area contributed by atoms with Crippen molar-refractivity contribution in [2.24, 2.45) is 0 Å². The molecular formula is C25H25ClN4O2. The van der Waals surface area contributed by atoms with Crippen LogP contribution in [-0.4, -0.2) is 30.1 Å². The van der Waals surface area contributed by atoms with Gasteiger partial charge in [0.25, 0.3) is 5.91 Å². The maximum absolute atomic E-state index is 13.3. The van der Waals surface area contributed by atoms with Crippen molar-refractivity contribution in [2.75, 3.05) is 23.7 Å². The summed E-state index contributed by atoms with van der Waals surface area (Å²) < 4.78 is 6.24. The summed E-state index contributed by atoms with van der Waals surface area (Å²) in [7, 11) is 0. The summed E-state index contributed by atoms with van der Waals surface area (Å²) in [5.41, 5.74) is 8.35. The molecule has 32 heavy (non-hydrogen) atoms. The molecule has 0 aliphatic carbocycles. The third kappa shape index (κ3) is 3.75. The molecule has 3 N–H and O–H groups in total. The smallest absolute Gasteiger partial charge is 0.262 e. The van der Waals surface area contributed by atoms with Crippen LogP contribution in [0.25, 0.3) is 0 Å². The van der Waals surface area contributed by atoms with Crippen LogP contribution in [0.15, 0.2) is 66.9 Å². The van der Waals surface area contributed by atoms with Crippen LogP contribution in [0.3, 0.4) is 0 Å². The fourth-order valence-electron chi connectivity index (χ4n) is 4.87. The number of nitrogens with two attached hydrogens (primary N) is 1. The first-order valence-corrected chi connectivity index (χ1v) is 11.2. The van der Waals surface area contributed by atoms with Gasteiger partial charge in [0, 0.05) is 53.6 Å². The third-order valence-electron chi connectivity index (χ3n) is 6.51. The van der Waals surface area contributed by atoms with Gasteiger partial charge in [0.05, 0.1) is 0 Å². The van der Waals surface area contributed by atoms with Crippen LogP contribution < -0.4 is 20.7 Å². The molecule has 0 unspecified atom stereocenters. The number of aromatic nitrogens is 1. The lowest BCUT2D eigenvalue weighted by Crippen LogP contribution is -2.54. The number of benzene rings is 2. The Balaban J connectivity index is 1.36. The number of halogens is 1. The van der Waals surface area contributed by atoms with Crippen molar-refractivity contribution in [3.05, 3.63) is 83.0 Å². The van der Waals surface area contributed by atoms with Crippen LogP contribution in [0.1, 0.15) is 24.0 Å². The molecular weight excluding hydrogens is 424 g/mol. The normalized spacial score (nSPS) is 18.8. The van der Waals surface area contributed by atoms with Crippen LogP contribution >= 0.6 is 11.6 Å². The van der Waals surface area contributed by atoms with Crippen LogP contribution in [0.5, 0.6) is 5.75 Å². The zero-order chi connectivity index (χ0) is 22.1. The van der Waals surface area contributed by atoms with E-state index in [9.17, 15) is 4.79 Å². The minimum Gasteiger partial charge on any atom is -0.479 e. The average Bonchev–Trinajstić information content (AvgIpc) is 3.12. The Morgan fingerprint density at radius 3 is 2.75 bits per heavy atom. The average molecular weight is 449 g/mol. The molecule has 1 spiro atoms. The van der Waals surface area contributed by atoms with E-state index < -0.39 is 6.10 Å². The molecule has 1 fully saturated rings. The highest BCUT2D eigenvalue weighted by atomic mass is 35.5. The second-order valence-electron chi connectivity index (χ2n) is 8.43. The van der Waals surface area contributed by atoms with Crippen molar-refractivity contribution >= 4 is 29.0 Å². The molecule has 2 aromatic carbocycles. The van der Waals surface area contributed by atoms with Crippen molar-refractivity contribution in [3.8, 4) is 5.75 Å². The van der Waals surface area contributed by atoms with Crippen LogP contribution in [0.2, 0.25) is 5.02 Å². The zero-order valence-electron chi connectivity index (χ0n) is 17.6. The summed E-state index contributed by atoms with van der Waals surface area (Å²) in [6.07, 6.45) is 2.73. The van der Waals surface area contributed by atoms with E-state index in [4.69, 9.17) is 22.1 Å². The Kier molecular flexibility index (Phi) is 5.39. The quantitative estimate of drug-likeness (QED) is 0.632. The van der Waals surface area contributed by atoms with E-state index in [1.165, 1.54) is 0 Å². The lowest BCUT2D eigenvalue weighted by Gasteiger charge is -2.42. The number of amides is 1. The molecule has 0 bridgehead atoms. The lowest BCUT2D eigenvalue weighted by molar-refractivity contribution is -0.130. The van der Waals surface area contributed by atoms with Gasteiger partial charge in [-0.15, -0.1) is 0 Å². The van der Waals surface area contributed by atoms with E-state index in [0.717, 1.165) is 48.6 Å². The van der Waals surface area contributed by atoms with Crippen molar-refractivity contribution in [2.45, 2.75) is 30.9 Å². The lowest BCUT2D eigenvalue weighted by atomic mass is 9.69. The van der Waals surface area contributed by atoms with Crippen molar-refractivity contribution in [3.63, 3.8) is 0 Å². The summed E-state index contributed by atoms with van der Waals surface area (Å²) in [5, 5.41) is 3.71. The number of anilines is 2. The molecule has 0 saturated carbocycles. The van der Waals surface area contributed by atoms with Gasteiger partial charge >= 0.3 is 0 Å². The van der Waals surface area contributed by atoms with Gasteiger partial charge in [-0.25, -0.2) is 4.98 Å². The Hall–Kier alpha value is -3.25. The molecule has 3 aromatic rings. The van der Waals surface area contributed by atoms with Crippen LogP contribution in [-0.2, 0) is 16.8 Å². The van der Waals surface area contributed by atoms with Gasteiger partial charge in [-0.2, -0.15) is 0 Å². The number of pyridine rings is 1. The molecule has 1 atom stereocenters. The monoisotopic (exact) mass is 448 g/mol. The molecule has 6 nitrogen and oxygen atoms in total. The highest BCUT2D eigenvalue weighted by Gasteiger charge is 2.53. The number of carbonyl (C=O) groups is 1. The zero-order valence-corrected chi connectivity index (χ0v) is 18.4. The molecule has 164 valence electrons. The second-order valence-corrected chi connectivity index (χ2v) is 8.87. The van der Waals surface area contributed by atoms with E-state index in [1.807, 2.05) is 48.5 Å². The van der Waals surface area contributed by atoms with E-state index in [1.54, 1.807) is 12.3 Å². The second kappa shape index (κ2) is 8.36. The number of nitrogens with one attached hydrogen (secondary N) is 1. The largest absolute Gasteiger partial charge is 0.479 e. The van der Waals surface area contributed by atoms with Gasteiger partial charge in [-0.05, 0) is 42.7 Å². The standard InChI is InChI=1S/C25H25ClN4O2/c26-18-5-3-4-17(14-18)16-29-24(31)23-25(20-6-1-2-7-21(20)32-23)9-12-30(13-10-25)22-15-19(27)8-11-28-22/h1-8,11,14-15,23H,9-10,12-13,16H2,(H2,27,28)(H,29,31)/t23-/m0/s1. The molecule has 3 heterocycles. The van der Waals surface area contributed by atoms with E-state index >= 15 is 0 Å². The first-order chi connectivity index (χ1) is 15.5. The van der Waals surface area contributed by atoms with Crippen LogP contribution in [0, 0.1) is 0 Å². The van der Waals surface area contributed by atoms with Gasteiger partial charge in [-0.3, -0.25) is 4.79 Å². The summed E-state index contributed by atoms with van der Waals surface area (Å²) in [6.45, 7) is 1.95. The van der Waals surface area contributed by atoms with Gasteiger partial charge < -0.3 is 20.7 Å². The summed E-state index contributed by atoms with van der Waals surface area (Å²) in [5.74, 6) is 1.57. The number of hydrogen-bond donors (Lipinski definition) is 2. The van der Waals surface area contributed by atoms with E-state index in [0.29, 0.717) is 17.3 Å².